The summed E-state index contributed by atoms with van der Waals surface area (Å²) >= 11 is 0. The molecule has 0 saturated carbocycles. The molecule has 5 nitrogen and oxygen atoms in total. The van der Waals surface area contributed by atoms with Crippen LogP contribution >= 0.6 is 0 Å². The van der Waals surface area contributed by atoms with Gasteiger partial charge in [0, 0.05) is 19.3 Å². The fourth-order valence-corrected chi connectivity index (χ4v) is 4.94. The number of sulfonamides is 1. The lowest BCUT2D eigenvalue weighted by Gasteiger charge is -2.35. The van der Waals surface area contributed by atoms with Gasteiger partial charge < -0.3 is 4.90 Å². The summed E-state index contributed by atoms with van der Waals surface area (Å²) in [5.41, 5.74) is 1.76. The largest absolute Gasteiger partial charge is 0.314 e. The van der Waals surface area contributed by atoms with Gasteiger partial charge in [-0.25, -0.2) is 8.42 Å². The molecule has 1 aliphatic rings. The van der Waals surface area contributed by atoms with Gasteiger partial charge in [-0.1, -0.05) is 42.3 Å². The van der Waals surface area contributed by atoms with E-state index in [4.69, 9.17) is 0 Å². The number of carbonyl (C=O) groups excluding carboxylic acids is 1. The molecule has 26 heavy (non-hydrogen) atoms. The number of carbonyl (C=O) groups is 1. The Bertz CT molecular complexity index is 864. The molecule has 1 atom stereocenters. The standard InChI is InChI=1S/C20H24N2O3S/c1-16-11-13-18(14-12-16)26(24,25)22-15-7-6-10-19(22)20(23)21(2)17-8-4-3-5-9-17/h3-5,8-9,11-14,19H,6-7,10,15H2,1-2H3. The molecular formula is C20H24N2O3S. The van der Waals surface area contributed by atoms with Gasteiger partial charge in [-0.3, -0.25) is 4.79 Å². The zero-order valence-corrected chi connectivity index (χ0v) is 15.9. The zero-order valence-electron chi connectivity index (χ0n) is 15.1. The van der Waals surface area contributed by atoms with Crippen LogP contribution in [0.15, 0.2) is 59.5 Å². The van der Waals surface area contributed by atoms with Crippen molar-refractivity contribution in [2.45, 2.75) is 37.1 Å². The smallest absolute Gasteiger partial charge is 0.245 e. The van der Waals surface area contributed by atoms with E-state index < -0.39 is 16.1 Å². The van der Waals surface area contributed by atoms with Crippen LogP contribution in [0.25, 0.3) is 0 Å². The quantitative estimate of drug-likeness (QED) is 0.828. The minimum absolute atomic E-state index is 0.188. The van der Waals surface area contributed by atoms with Gasteiger partial charge in [0.15, 0.2) is 0 Å². The number of piperidine rings is 1. The highest BCUT2D eigenvalue weighted by molar-refractivity contribution is 7.89. The number of rotatable bonds is 4. The number of nitrogens with zero attached hydrogens (tertiary/aromatic N) is 2. The van der Waals surface area contributed by atoms with Crippen LogP contribution in [0.4, 0.5) is 5.69 Å². The fourth-order valence-electron chi connectivity index (χ4n) is 3.29. The SMILES string of the molecule is Cc1ccc(S(=O)(=O)N2CCCCC2C(=O)N(C)c2ccccc2)cc1. The monoisotopic (exact) mass is 372 g/mol. The Morgan fingerprint density at radius 1 is 1.04 bits per heavy atom. The molecule has 2 aromatic carbocycles. The molecule has 1 fully saturated rings. The van der Waals surface area contributed by atoms with Gasteiger partial charge in [-0.05, 0) is 44.0 Å². The van der Waals surface area contributed by atoms with Crippen molar-refractivity contribution in [2.75, 3.05) is 18.5 Å². The minimum Gasteiger partial charge on any atom is -0.314 e. The maximum atomic E-state index is 13.1. The molecule has 138 valence electrons. The lowest BCUT2D eigenvalue weighted by Crippen LogP contribution is -2.52. The van der Waals surface area contributed by atoms with Crippen molar-refractivity contribution in [1.82, 2.24) is 4.31 Å². The van der Waals surface area contributed by atoms with Crippen molar-refractivity contribution in [3.63, 3.8) is 0 Å². The molecule has 1 saturated heterocycles. The number of hydrogen-bond acceptors (Lipinski definition) is 3. The average molecular weight is 372 g/mol. The Morgan fingerprint density at radius 2 is 1.69 bits per heavy atom. The molecule has 1 amide bonds. The third-order valence-corrected chi connectivity index (χ3v) is 6.76. The lowest BCUT2D eigenvalue weighted by molar-refractivity contribution is -0.122. The molecular weight excluding hydrogens is 348 g/mol. The van der Waals surface area contributed by atoms with Gasteiger partial charge in [-0.2, -0.15) is 4.31 Å². The van der Waals surface area contributed by atoms with Crippen LogP contribution in [0.3, 0.4) is 0 Å². The van der Waals surface area contributed by atoms with Crippen molar-refractivity contribution < 1.29 is 13.2 Å². The first-order valence-corrected chi connectivity index (χ1v) is 10.3. The van der Waals surface area contributed by atoms with Crippen LogP contribution in [0, 0.1) is 6.92 Å². The summed E-state index contributed by atoms with van der Waals surface area (Å²) in [4.78, 5) is 14.9. The predicted octanol–water partition coefficient (Wildman–Crippen LogP) is 3.20. The van der Waals surface area contributed by atoms with Crippen LogP contribution in [0.1, 0.15) is 24.8 Å². The van der Waals surface area contributed by atoms with Crippen molar-refractivity contribution in [2.24, 2.45) is 0 Å². The first kappa shape index (κ1) is 18.6. The molecule has 0 N–H and O–H groups in total. The average Bonchev–Trinajstić information content (AvgIpc) is 2.68. The van der Waals surface area contributed by atoms with E-state index in [9.17, 15) is 13.2 Å². The normalized spacial score (nSPS) is 18.5. The summed E-state index contributed by atoms with van der Waals surface area (Å²) < 4.78 is 27.6. The number of para-hydroxylation sites is 1. The Balaban J connectivity index is 1.90. The third kappa shape index (κ3) is 3.66. The minimum atomic E-state index is -3.70. The molecule has 2 aromatic rings. The lowest BCUT2D eigenvalue weighted by atomic mass is 10.0. The van der Waals surface area contributed by atoms with E-state index in [2.05, 4.69) is 0 Å². The van der Waals surface area contributed by atoms with Gasteiger partial charge in [0.1, 0.15) is 6.04 Å². The molecule has 0 aliphatic carbocycles. The second-order valence-corrected chi connectivity index (χ2v) is 8.56. The molecule has 0 spiro atoms. The highest BCUT2D eigenvalue weighted by Crippen LogP contribution is 2.27. The van der Waals surface area contributed by atoms with Crippen molar-refractivity contribution in [3.05, 3.63) is 60.2 Å². The molecule has 0 radical (unpaired) electrons. The first-order chi connectivity index (χ1) is 12.4. The van der Waals surface area contributed by atoms with Crippen molar-refractivity contribution in [1.29, 1.82) is 0 Å². The number of likely N-dealkylation sites (N-methyl/N-ethyl adjacent to an activating group) is 1. The third-order valence-electron chi connectivity index (χ3n) is 4.84. The molecule has 3 rings (SSSR count). The highest BCUT2D eigenvalue weighted by atomic mass is 32.2. The van der Waals surface area contributed by atoms with Crippen molar-refractivity contribution in [3.8, 4) is 0 Å². The summed E-state index contributed by atoms with van der Waals surface area (Å²) in [6.45, 7) is 2.29. The summed E-state index contributed by atoms with van der Waals surface area (Å²) in [6.07, 6.45) is 2.16. The van der Waals surface area contributed by atoms with Gasteiger partial charge >= 0.3 is 0 Å². The number of amides is 1. The van der Waals surface area contributed by atoms with E-state index in [1.807, 2.05) is 37.3 Å². The number of aryl methyl sites for hydroxylation is 1. The van der Waals surface area contributed by atoms with Gasteiger partial charge in [0.25, 0.3) is 0 Å². The van der Waals surface area contributed by atoms with Gasteiger partial charge in [0.05, 0.1) is 4.90 Å². The first-order valence-electron chi connectivity index (χ1n) is 8.82. The summed E-state index contributed by atoms with van der Waals surface area (Å²) in [6, 6.07) is 15.4. The predicted molar refractivity (Wildman–Crippen MR) is 103 cm³/mol. The zero-order chi connectivity index (χ0) is 18.7. The summed E-state index contributed by atoms with van der Waals surface area (Å²) in [5, 5.41) is 0. The number of benzene rings is 2. The van der Waals surface area contributed by atoms with E-state index in [1.54, 1.807) is 36.2 Å². The van der Waals surface area contributed by atoms with E-state index >= 15 is 0 Å². The maximum absolute atomic E-state index is 13.1. The Hall–Kier alpha value is -2.18. The Kier molecular flexibility index (Phi) is 5.44. The molecule has 0 aromatic heterocycles. The topological polar surface area (TPSA) is 57.7 Å². The van der Waals surface area contributed by atoms with E-state index in [1.165, 1.54) is 4.31 Å². The Morgan fingerprint density at radius 3 is 2.35 bits per heavy atom. The summed E-state index contributed by atoms with van der Waals surface area (Å²) in [7, 11) is -2.01. The van der Waals surface area contributed by atoms with Crippen LogP contribution < -0.4 is 4.90 Å². The van der Waals surface area contributed by atoms with Crippen molar-refractivity contribution >= 4 is 21.6 Å². The van der Waals surface area contributed by atoms with Gasteiger partial charge in [-0.15, -0.1) is 0 Å². The maximum Gasteiger partial charge on any atom is 0.245 e. The molecule has 6 heteroatoms. The number of hydrogen-bond donors (Lipinski definition) is 0. The Labute approximate surface area is 155 Å². The second kappa shape index (κ2) is 7.60. The second-order valence-electron chi connectivity index (χ2n) is 6.67. The van der Waals surface area contributed by atoms with Crippen LogP contribution in [0.5, 0.6) is 0 Å². The molecule has 1 unspecified atom stereocenters. The molecule has 1 aliphatic heterocycles. The fraction of sp³-hybridized carbons (Fsp3) is 0.350. The highest BCUT2D eigenvalue weighted by Gasteiger charge is 2.39. The van der Waals surface area contributed by atoms with Crippen LogP contribution in [0.2, 0.25) is 0 Å². The van der Waals surface area contributed by atoms with Crippen LogP contribution in [-0.4, -0.2) is 38.3 Å². The van der Waals surface area contributed by atoms with E-state index in [0.29, 0.717) is 13.0 Å². The summed E-state index contributed by atoms with van der Waals surface area (Å²) in [5.74, 6) is -0.188. The molecule has 1 heterocycles. The number of anilines is 1. The van der Waals surface area contributed by atoms with Crippen LogP contribution in [-0.2, 0) is 14.8 Å². The van der Waals surface area contributed by atoms with E-state index in [0.717, 1.165) is 24.1 Å². The van der Waals surface area contributed by atoms with Gasteiger partial charge in [0.2, 0.25) is 15.9 Å². The van der Waals surface area contributed by atoms with E-state index in [-0.39, 0.29) is 10.8 Å². The molecule has 0 bridgehead atoms.